The summed E-state index contributed by atoms with van der Waals surface area (Å²) in [6.07, 6.45) is 0. The molecule has 0 aliphatic carbocycles. The van der Waals surface area contributed by atoms with Crippen molar-refractivity contribution in [3.8, 4) is 0 Å². The second-order valence-electron chi connectivity index (χ2n) is 0.819. The van der Waals surface area contributed by atoms with Gasteiger partial charge in [0.1, 0.15) is 0 Å². The lowest BCUT2D eigenvalue weighted by atomic mass is 10.8. The second kappa shape index (κ2) is 2.50. The molecule has 0 bridgehead atoms. The Morgan fingerprint density at radius 3 is 2.17 bits per heavy atom. The summed E-state index contributed by atoms with van der Waals surface area (Å²) in [5.41, 5.74) is 0. The van der Waals surface area contributed by atoms with Gasteiger partial charge in [-0.25, -0.2) is 0 Å². The van der Waals surface area contributed by atoms with E-state index in [1.54, 1.807) is 0 Å². The zero-order valence-electron chi connectivity index (χ0n) is 3.80. The molecule has 0 saturated heterocycles. The molecule has 0 unspecified atom stereocenters. The van der Waals surface area contributed by atoms with Gasteiger partial charge in [0.25, 0.3) is 5.91 Å². The van der Waals surface area contributed by atoms with Crippen LogP contribution in [0.2, 0.25) is 0 Å². The molecule has 0 aromatic carbocycles. The van der Waals surface area contributed by atoms with E-state index < -0.39 is 0 Å². The SMILES string of the molecule is CN=NC(C)=O. The molecule has 0 aliphatic heterocycles. The second-order valence-corrected chi connectivity index (χ2v) is 0.819. The Kier molecular flexibility index (Phi) is 2.20. The molecule has 0 radical (unpaired) electrons. The molecule has 3 nitrogen and oxygen atoms in total. The molecule has 0 saturated carbocycles. The highest BCUT2D eigenvalue weighted by Gasteiger charge is 1.75. The van der Waals surface area contributed by atoms with Crippen LogP contribution in [0.15, 0.2) is 10.2 Å². The molecule has 0 heterocycles. The van der Waals surface area contributed by atoms with Gasteiger partial charge in [0.15, 0.2) is 0 Å². The van der Waals surface area contributed by atoms with Crippen molar-refractivity contribution in [2.24, 2.45) is 10.2 Å². The van der Waals surface area contributed by atoms with Gasteiger partial charge in [-0.05, 0) is 0 Å². The number of hydrogen-bond acceptors (Lipinski definition) is 2. The monoisotopic (exact) mass is 86.0 g/mol. The molecule has 3 heteroatoms. The molecule has 0 aromatic heterocycles. The fraction of sp³-hybridized carbons (Fsp3) is 0.667. The van der Waals surface area contributed by atoms with Gasteiger partial charge in [0.05, 0.1) is 0 Å². The van der Waals surface area contributed by atoms with Gasteiger partial charge >= 0.3 is 0 Å². The maximum Gasteiger partial charge on any atom is 0.261 e. The van der Waals surface area contributed by atoms with Crippen molar-refractivity contribution in [3.63, 3.8) is 0 Å². The maximum atomic E-state index is 9.78. The average molecular weight is 86.1 g/mol. The summed E-state index contributed by atoms with van der Waals surface area (Å²) >= 11 is 0. The molecule has 1 amide bonds. The first-order chi connectivity index (χ1) is 2.77. The number of hydrogen-bond donors (Lipinski definition) is 0. The third-order valence-electron chi connectivity index (χ3n) is 0.241. The van der Waals surface area contributed by atoms with Gasteiger partial charge < -0.3 is 0 Å². The molecule has 0 fully saturated rings. The summed E-state index contributed by atoms with van der Waals surface area (Å²) in [5, 5.41) is 6.32. The Morgan fingerprint density at radius 1 is 1.67 bits per heavy atom. The van der Waals surface area contributed by atoms with Crippen molar-refractivity contribution in [2.45, 2.75) is 6.92 Å². The van der Waals surface area contributed by atoms with Crippen molar-refractivity contribution in [1.82, 2.24) is 0 Å². The predicted molar refractivity (Wildman–Crippen MR) is 21.5 cm³/mol. The lowest BCUT2D eigenvalue weighted by molar-refractivity contribution is -0.116. The van der Waals surface area contributed by atoms with Crippen molar-refractivity contribution in [1.29, 1.82) is 0 Å². The van der Waals surface area contributed by atoms with Crippen LogP contribution < -0.4 is 0 Å². The minimum absolute atomic E-state index is 0.252. The number of carbonyl (C=O) groups excluding carboxylic acids is 1. The van der Waals surface area contributed by atoms with Gasteiger partial charge in [-0.2, -0.15) is 5.11 Å². The van der Waals surface area contributed by atoms with E-state index in [-0.39, 0.29) is 5.91 Å². The van der Waals surface area contributed by atoms with Crippen LogP contribution in [0.25, 0.3) is 0 Å². The van der Waals surface area contributed by atoms with E-state index >= 15 is 0 Å². The zero-order valence-corrected chi connectivity index (χ0v) is 3.80. The third kappa shape index (κ3) is 3.27. The van der Waals surface area contributed by atoms with Crippen LogP contribution in [0.5, 0.6) is 0 Å². The Balaban J connectivity index is 3.30. The quantitative estimate of drug-likeness (QED) is 0.398. The summed E-state index contributed by atoms with van der Waals surface area (Å²) < 4.78 is 0. The van der Waals surface area contributed by atoms with E-state index in [9.17, 15) is 4.79 Å². The first kappa shape index (κ1) is 5.27. The van der Waals surface area contributed by atoms with E-state index in [1.165, 1.54) is 14.0 Å². The Bertz CT molecular complexity index is 76.9. The van der Waals surface area contributed by atoms with Gasteiger partial charge in [-0.1, -0.05) is 0 Å². The lowest BCUT2D eigenvalue weighted by Gasteiger charge is -1.68. The van der Waals surface area contributed by atoms with Crippen molar-refractivity contribution in [2.75, 3.05) is 7.05 Å². The average Bonchev–Trinajstić information content (AvgIpc) is 1.35. The smallest absolute Gasteiger partial charge is 0.261 e. The summed E-state index contributed by atoms with van der Waals surface area (Å²) in [7, 11) is 1.46. The normalized spacial score (nSPS) is 9.67. The van der Waals surface area contributed by atoms with Crippen LogP contribution in [0, 0.1) is 0 Å². The number of rotatable bonds is 0. The lowest BCUT2D eigenvalue weighted by Crippen LogP contribution is -1.76. The number of nitrogens with zero attached hydrogens (tertiary/aromatic N) is 2. The minimum atomic E-state index is -0.252. The first-order valence-corrected chi connectivity index (χ1v) is 1.57. The van der Waals surface area contributed by atoms with Gasteiger partial charge in [-0.15, -0.1) is 5.11 Å². The van der Waals surface area contributed by atoms with Gasteiger partial charge in [-0.3, -0.25) is 4.79 Å². The Morgan fingerprint density at radius 2 is 2.17 bits per heavy atom. The highest BCUT2D eigenvalue weighted by atomic mass is 16.1. The molecule has 0 atom stereocenters. The summed E-state index contributed by atoms with van der Waals surface area (Å²) in [5.74, 6) is -0.252. The molecular weight excluding hydrogens is 80.0 g/mol. The van der Waals surface area contributed by atoms with Crippen molar-refractivity contribution >= 4 is 5.91 Å². The largest absolute Gasteiger partial charge is 0.271 e. The first-order valence-electron chi connectivity index (χ1n) is 1.57. The van der Waals surface area contributed by atoms with E-state index in [1.807, 2.05) is 0 Å². The Hall–Kier alpha value is -0.730. The molecule has 0 N–H and O–H groups in total. The van der Waals surface area contributed by atoms with E-state index in [0.717, 1.165) is 0 Å². The van der Waals surface area contributed by atoms with Crippen LogP contribution >= 0.6 is 0 Å². The van der Waals surface area contributed by atoms with E-state index in [0.29, 0.717) is 0 Å². The number of carbonyl (C=O) groups is 1. The van der Waals surface area contributed by atoms with Crippen LogP contribution in [-0.2, 0) is 4.79 Å². The molecule has 34 valence electrons. The molecular formula is C3H6N2O. The molecule has 0 rings (SSSR count). The number of azo groups is 1. The predicted octanol–water partition coefficient (Wildman–Crippen LogP) is 0.615. The van der Waals surface area contributed by atoms with Crippen LogP contribution in [0.4, 0.5) is 0 Å². The summed E-state index contributed by atoms with van der Waals surface area (Å²) in [4.78, 5) is 9.78. The van der Waals surface area contributed by atoms with Crippen LogP contribution in [-0.4, -0.2) is 13.0 Å². The fourth-order valence-electron chi connectivity index (χ4n) is 0.141. The maximum absolute atomic E-state index is 9.78. The zero-order chi connectivity index (χ0) is 4.99. The topological polar surface area (TPSA) is 41.8 Å². The summed E-state index contributed by atoms with van der Waals surface area (Å²) in [6.45, 7) is 1.35. The molecule has 0 aromatic rings. The molecule has 0 aliphatic rings. The van der Waals surface area contributed by atoms with Crippen LogP contribution in [0.1, 0.15) is 6.92 Å². The molecule has 6 heavy (non-hydrogen) atoms. The standard InChI is InChI=1S/C3H6N2O/c1-3(6)5-4-2/h1-2H3. The summed E-state index contributed by atoms with van der Waals surface area (Å²) in [6, 6.07) is 0. The molecule has 0 spiro atoms. The fourth-order valence-corrected chi connectivity index (χ4v) is 0.141. The van der Waals surface area contributed by atoms with Gasteiger partial charge in [0.2, 0.25) is 0 Å². The number of amides is 1. The van der Waals surface area contributed by atoms with Crippen LogP contribution in [0.3, 0.4) is 0 Å². The minimum Gasteiger partial charge on any atom is -0.271 e. The van der Waals surface area contributed by atoms with Gasteiger partial charge in [0, 0.05) is 14.0 Å². The Labute approximate surface area is 36.1 Å². The highest BCUT2D eigenvalue weighted by Crippen LogP contribution is 1.68. The van der Waals surface area contributed by atoms with E-state index in [2.05, 4.69) is 10.2 Å². The highest BCUT2D eigenvalue weighted by molar-refractivity contribution is 5.73. The van der Waals surface area contributed by atoms with E-state index in [4.69, 9.17) is 0 Å². The third-order valence-corrected chi connectivity index (χ3v) is 0.241. The van der Waals surface area contributed by atoms with Crippen molar-refractivity contribution < 1.29 is 4.79 Å². The van der Waals surface area contributed by atoms with Crippen molar-refractivity contribution in [3.05, 3.63) is 0 Å².